The molecule has 1 aromatic carbocycles. The fraction of sp³-hybridized carbons (Fsp3) is 0.235. The van der Waals surface area contributed by atoms with Crippen LogP contribution in [0.2, 0.25) is 0 Å². The lowest BCUT2D eigenvalue weighted by Gasteiger charge is -2.15. The van der Waals surface area contributed by atoms with Crippen LogP contribution >= 0.6 is 0 Å². The zero-order valence-electron chi connectivity index (χ0n) is 13.2. The SMILES string of the molecule is Cc1ccc(C(=O)Nc2ccccc2C(=O)N(C)C)c(C)n1. The first kappa shape index (κ1) is 15.7. The van der Waals surface area contributed by atoms with Crippen molar-refractivity contribution in [2.75, 3.05) is 19.4 Å². The van der Waals surface area contributed by atoms with Crippen LogP contribution in [0.15, 0.2) is 36.4 Å². The van der Waals surface area contributed by atoms with E-state index in [9.17, 15) is 9.59 Å². The molecule has 0 aliphatic rings. The van der Waals surface area contributed by atoms with Crippen molar-refractivity contribution in [3.63, 3.8) is 0 Å². The highest BCUT2D eigenvalue weighted by atomic mass is 16.2. The molecule has 2 amide bonds. The number of anilines is 1. The van der Waals surface area contributed by atoms with E-state index < -0.39 is 0 Å². The molecule has 1 N–H and O–H groups in total. The molecular weight excluding hydrogens is 278 g/mol. The van der Waals surface area contributed by atoms with E-state index in [-0.39, 0.29) is 11.8 Å². The van der Waals surface area contributed by atoms with E-state index >= 15 is 0 Å². The second-order valence-corrected chi connectivity index (χ2v) is 5.28. The van der Waals surface area contributed by atoms with Gasteiger partial charge in [-0.1, -0.05) is 12.1 Å². The van der Waals surface area contributed by atoms with Gasteiger partial charge in [-0.25, -0.2) is 0 Å². The second kappa shape index (κ2) is 6.39. The predicted octanol–water partition coefficient (Wildman–Crippen LogP) is 2.65. The summed E-state index contributed by atoms with van der Waals surface area (Å²) in [5, 5.41) is 2.80. The van der Waals surface area contributed by atoms with E-state index in [0.717, 1.165) is 5.69 Å². The van der Waals surface area contributed by atoms with Gasteiger partial charge in [0.25, 0.3) is 11.8 Å². The molecule has 0 fully saturated rings. The predicted molar refractivity (Wildman–Crippen MR) is 86.1 cm³/mol. The summed E-state index contributed by atoms with van der Waals surface area (Å²) in [7, 11) is 3.35. The number of amides is 2. The van der Waals surface area contributed by atoms with E-state index in [1.807, 2.05) is 6.92 Å². The monoisotopic (exact) mass is 297 g/mol. The Hall–Kier alpha value is -2.69. The molecular formula is C17H19N3O2. The molecule has 0 aliphatic carbocycles. The number of benzene rings is 1. The number of hydrogen-bond donors (Lipinski definition) is 1. The zero-order chi connectivity index (χ0) is 16.3. The third kappa shape index (κ3) is 3.31. The molecule has 0 spiro atoms. The largest absolute Gasteiger partial charge is 0.345 e. The average molecular weight is 297 g/mol. The van der Waals surface area contributed by atoms with Crippen molar-refractivity contribution in [1.82, 2.24) is 9.88 Å². The van der Waals surface area contributed by atoms with Gasteiger partial charge in [-0.15, -0.1) is 0 Å². The van der Waals surface area contributed by atoms with Gasteiger partial charge < -0.3 is 10.2 Å². The summed E-state index contributed by atoms with van der Waals surface area (Å²) in [6.45, 7) is 3.67. The summed E-state index contributed by atoms with van der Waals surface area (Å²) in [5.41, 5.74) is 2.97. The second-order valence-electron chi connectivity index (χ2n) is 5.28. The van der Waals surface area contributed by atoms with E-state index in [1.54, 1.807) is 57.4 Å². The van der Waals surface area contributed by atoms with Crippen LogP contribution in [0.5, 0.6) is 0 Å². The number of nitrogens with one attached hydrogen (secondary N) is 1. The number of aryl methyl sites for hydroxylation is 2. The number of pyridine rings is 1. The van der Waals surface area contributed by atoms with Crippen molar-refractivity contribution in [2.45, 2.75) is 13.8 Å². The quantitative estimate of drug-likeness (QED) is 0.947. The molecule has 1 aromatic heterocycles. The average Bonchev–Trinajstić information content (AvgIpc) is 2.46. The number of aromatic nitrogens is 1. The number of nitrogens with zero attached hydrogens (tertiary/aromatic N) is 2. The lowest BCUT2D eigenvalue weighted by atomic mass is 10.1. The molecule has 5 heteroatoms. The van der Waals surface area contributed by atoms with Gasteiger partial charge >= 0.3 is 0 Å². The summed E-state index contributed by atoms with van der Waals surface area (Å²) in [5.74, 6) is -0.432. The Morgan fingerprint density at radius 3 is 2.32 bits per heavy atom. The van der Waals surface area contributed by atoms with E-state index in [2.05, 4.69) is 10.3 Å². The normalized spacial score (nSPS) is 10.2. The van der Waals surface area contributed by atoms with Gasteiger partial charge in [0.05, 0.1) is 22.5 Å². The van der Waals surface area contributed by atoms with Crippen LogP contribution in [-0.4, -0.2) is 35.8 Å². The van der Waals surface area contributed by atoms with Crippen LogP contribution in [0.3, 0.4) is 0 Å². The summed E-state index contributed by atoms with van der Waals surface area (Å²) >= 11 is 0. The van der Waals surface area contributed by atoms with Gasteiger partial charge in [0, 0.05) is 19.8 Å². The van der Waals surface area contributed by atoms with Crippen molar-refractivity contribution in [2.24, 2.45) is 0 Å². The Bertz CT molecular complexity index is 724. The molecule has 2 aromatic rings. The van der Waals surface area contributed by atoms with Crippen LogP contribution in [0.4, 0.5) is 5.69 Å². The number of hydrogen-bond acceptors (Lipinski definition) is 3. The fourth-order valence-electron chi connectivity index (χ4n) is 2.14. The molecule has 0 bridgehead atoms. The molecule has 0 aliphatic heterocycles. The van der Waals surface area contributed by atoms with Crippen molar-refractivity contribution in [3.05, 3.63) is 58.9 Å². The molecule has 0 saturated heterocycles. The number of para-hydroxylation sites is 1. The minimum absolute atomic E-state index is 0.158. The first-order chi connectivity index (χ1) is 10.4. The van der Waals surface area contributed by atoms with Crippen molar-refractivity contribution < 1.29 is 9.59 Å². The standard InChI is InChI=1S/C17H19N3O2/c1-11-9-10-13(12(2)18-11)16(21)19-15-8-6-5-7-14(15)17(22)20(3)4/h5-10H,1-4H3,(H,19,21). The summed E-state index contributed by atoms with van der Waals surface area (Å²) in [4.78, 5) is 30.3. The smallest absolute Gasteiger partial charge is 0.257 e. The number of carbonyl (C=O) groups is 2. The fourth-order valence-corrected chi connectivity index (χ4v) is 2.14. The minimum atomic E-state index is -0.274. The van der Waals surface area contributed by atoms with Gasteiger partial charge in [-0.2, -0.15) is 0 Å². The Morgan fingerprint density at radius 1 is 1.00 bits per heavy atom. The molecule has 0 radical (unpaired) electrons. The third-order valence-electron chi connectivity index (χ3n) is 3.28. The maximum Gasteiger partial charge on any atom is 0.257 e. The lowest BCUT2D eigenvalue weighted by Crippen LogP contribution is -2.24. The molecule has 2 rings (SSSR count). The molecule has 1 heterocycles. The van der Waals surface area contributed by atoms with Crippen LogP contribution in [0.25, 0.3) is 0 Å². The number of carbonyl (C=O) groups excluding carboxylic acids is 2. The molecule has 22 heavy (non-hydrogen) atoms. The van der Waals surface area contributed by atoms with Gasteiger partial charge in [-0.3, -0.25) is 14.6 Å². The number of rotatable bonds is 3. The molecule has 114 valence electrons. The Kier molecular flexibility index (Phi) is 4.56. The lowest BCUT2D eigenvalue weighted by molar-refractivity contribution is 0.0828. The zero-order valence-corrected chi connectivity index (χ0v) is 13.2. The van der Waals surface area contributed by atoms with Crippen LogP contribution in [0.1, 0.15) is 32.1 Å². The van der Waals surface area contributed by atoms with Crippen molar-refractivity contribution >= 4 is 17.5 Å². The van der Waals surface area contributed by atoms with Gasteiger partial charge in [0.15, 0.2) is 0 Å². The Morgan fingerprint density at radius 2 is 1.68 bits per heavy atom. The Labute approximate surface area is 130 Å². The van der Waals surface area contributed by atoms with Crippen LogP contribution in [-0.2, 0) is 0 Å². The minimum Gasteiger partial charge on any atom is -0.345 e. The van der Waals surface area contributed by atoms with Gasteiger partial charge in [-0.05, 0) is 38.1 Å². The highest BCUT2D eigenvalue weighted by molar-refractivity contribution is 6.09. The Balaban J connectivity index is 2.31. The summed E-state index contributed by atoms with van der Waals surface area (Å²) < 4.78 is 0. The third-order valence-corrected chi connectivity index (χ3v) is 3.28. The molecule has 5 nitrogen and oxygen atoms in total. The highest BCUT2D eigenvalue weighted by Crippen LogP contribution is 2.18. The molecule has 0 saturated carbocycles. The first-order valence-corrected chi connectivity index (χ1v) is 6.96. The maximum absolute atomic E-state index is 12.4. The first-order valence-electron chi connectivity index (χ1n) is 6.96. The topological polar surface area (TPSA) is 62.3 Å². The van der Waals surface area contributed by atoms with E-state index in [1.165, 1.54) is 4.90 Å². The summed E-state index contributed by atoms with van der Waals surface area (Å²) in [6, 6.07) is 10.5. The molecule has 0 unspecified atom stereocenters. The van der Waals surface area contributed by atoms with Gasteiger partial charge in [0.1, 0.15) is 0 Å². The van der Waals surface area contributed by atoms with E-state index in [4.69, 9.17) is 0 Å². The van der Waals surface area contributed by atoms with Crippen molar-refractivity contribution in [1.29, 1.82) is 0 Å². The van der Waals surface area contributed by atoms with Crippen LogP contribution in [0, 0.1) is 13.8 Å². The van der Waals surface area contributed by atoms with Crippen LogP contribution < -0.4 is 5.32 Å². The highest BCUT2D eigenvalue weighted by Gasteiger charge is 2.16. The van der Waals surface area contributed by atoms with Crippen molar-refractivity contribution in [3.8, 4) is 0 Å². The maximum atomic E-state index is 12.4. The molecule has 0 atom stereocenters. The van der Waals surface area contributed by atoms with Gasteiger partial charge in [0.2, 0.25) is 0 Å². The summed E-state index contributed by atoms with van der Waals surface area (Å²) in [6.07, 6.45) is 0. The van der Waals surface area contributed by atoms with E-state index in [0.29, 0.717) is 22.5 Å².